The van der Waals surface area contributed by atoms with E-state index in [4.69, 9.17) is 34.4 Å². The Morgan fingerprint density at radius 3 is 1.22 bits per heavy atom. The molecule has 0 saturated carbocycles. The molecule has 0 aromatic heterocycles. The fourth-order valence-corrected chi connectivity index (χ4v) is 6.35. The predicted molar refractivity (Wildman–Crippen MR) is 255 cm³/mol. The number of unbranched alkanes of at least 4 members (excludes halogenated alkanes) is 2. The highest BCUT2D eigenvalue weighted by molar-refractivity contribution is 5.98. The minimum Gasteiger partial charge on any atom is -0.391 e. The number of aliphatic hydroxyl groups is 1. The summed E-state index contributed by atoms with van der Waals surface area (Å²) in [7, 11) is 0. The number of carbonyl (C=O) groups is 10. The third-order valence-electron chi connectivity index (χ3n) is 10.4. The molecular formula is C42H80N16O11. The second kappa shape index (κ2) is 33.3. The van der Waals surface area contributed by atoms with Crippen molar-refractivity contribution in [3.8, 4) is 0 Å². The van der Waals surface area contributed by atoms with E-state index in [0.717, 1.165) is 0 Å². The van der Waals surface area contributed by atoms with Gasteiger partial charge in [-0.3, -0.25) is 52.9 Å². The first-order chi connectivity index (χ1) is 32.3. The van der Waals surface area contributed by atoms with Crippen LogP contribution in [0.1, 0.15) is 106 Å². The van der Waals surface area contributed by atoms with Crippen LogP contribution in [-0.4, -0.2) is 157 Å². The lowest BCUT2D eigenvalue weighted by atomic mass is 10.0. The van der Waals surface area contributed by atoms with Gasteiger partial charge in [-0.1, -0.05) is 13.8 Å². The van der Waals surface area contributed by atoms with Crippen molar-refractivity contribution in [2.24, 2.45) is 45.3 Å². The molecule has 10 amide bonds. The number of primary amides is 1. The Bertz CT molecular complexity index is 1750. The summed E-state index contributed by atoms with van der Waals surface area (Å²) in [5, 5.41) is 32.9. The summed E-state index contributed by atoms with van der Waals surface area (Å²) in [5.41, 5.74) is 32.9. The number of rotatable bonds is 34. The van der Waals surface area contributed by atoms with Crippen molar-refractivity contribution in [3.05, 3.63) is 0 Å². The van der Waals surface area contributed by atoms with E-state index < -0.39 is 120 Å². The van der Waals surface area contributed by atoms with Crippen molar-refractivity contribution in [1.82, 2.24) is 47.9 Å². The van der Waals surface area contributed by atoms with Crippen LogP contribution in [0.15, 0.2) is 4.99 Å². The van der Waals surface area contributed by atoms with Gasteiger partial charge in [0.05, 0.1) is 12.6 Å². The highest BCUT2D eigenvalue weighted by Crippen LogP contribution is 2.09. The van der Waals surface area contributed by atoms with Crippen LogP contribution in [0.2, 0.25) is 0 Å². The van der Waals surface area contributed by atoms with Crippen LogP contribution in [0, 0.1) is 5.92 Å². The first-order valence-corrected chi connectivity index (χ1v) is 23.1. The number of aliphatic hydroxyl groups excluding tert-OH is 1. The molecule has 69 heavy (non-hydrogen) atoms. The van der Waals surface area contributed by atoms with Gasteiger partial charge >= 0.3 is 0 Å². The van der Waals surface area contributed by atoms with Crippen LogP contribution >= 0.6 is 0 Å². The molecule has 0 bridgehead atoms. The van der Waals surface area contributed by atoms with Crippen LogP contribution in [0.5, 0.6) is 0 Å². The number of amides is 10. The first kappa shape index (κ1) is 62.8. The quantitative estimate of drug-likeness (QED) is 0.0162. The highest BCUT2D eigenvalue weighted by atomic mass is 16.3. The Hall–Kier alpha value is -6.19. The molecule has 0 saturated heterocycles. The molecule has 394 valence electrons. The van der Waals surface area contributed by atoms with Crippen molar-refractivity contribution >= 4 is 65.0 Å². The molecule has 0 unspecified atom stereocenters. The average Bonchev–Trinajstić information content (AvgIpc) is 3.27. The Morgan fingerprint density at radius 2 is 0.812 bits per heavy atom. The molecule has 0 aliphatic heterocycles. The molecule has 0 aliphatic carbocycles. The molecule has 27 heteroatoms. The summed E-state index contributed by atoms with van der Waals surface area (Å²) < 4.78 is 0. The fraction of sp³-hybridized carbons (Fsp3) is 0.738. The molecule has 0 radical (unpaired) electrons. The minimum absolute atomic E-state index is 0.00529. The normalized spacial score (nSPS) is 15.4. The standard InChI is InChI=1S/C42H80N16O11/c1-21(2)19-30(33(46)61)57-37(65)25(6)53-41(69)32(26(7)59)58-40(68)28(14-9-11-17-44)55-36(64)24(5)52-38(66)29(15-12-18-49-42(47)48)56-39(67)27(13-8-10-16-43)54-35(63)23(4)51-34(62)22(3)50-31(60)20-45/h21-30,32,59H,8-20,43-45H2,1-7H3,(H2,46,61)(H,50,60)(H,51,62)(H,52,66)(H,53,69)(H,54,63)(H,55,64)(H,56,67)(H,57,65)(H,58,68)(H4,47,48,49)/t22-,23-,24-,25-,26+,27-,28-,29-,30-,32-/m0/s1. The zero-order chi connectivity index (χ0) is 53.0. The van der Waals surface area contributed by atoms with E-state index in [0.29, 0.717) is 25.7 Å². The van der Waals surface area contributed by atoms with Crippen molar-refractivity contribution in [3.63, 3.8) is 0 Å². The molecule has 0 aliphatic rings. The van der Waals surface area contributed by atoms with E-state index in [9.17, 15) is 53.1 Å². The van der Waals surface area contributed by atoms with Gasteiger partial charge in [-0.25, -0.2) is 0 Å². The van der Waals surface area contributed by atoms with E-state index in [1.807, 2.05) is 13.8 Å². The molecule has 0 fully saturated rings. The second-order valence-electron chi connectivity index (χ2n) is 17.2. The lowest BCUT2D eigenvalue weighted by Crippen LogP contribution is -2.61. The van der Waals surface area contributed by atoms with Crippen molar-refractivity contribution in [1.29, 1.82) is 0 Å². The summed E-state index contributed by atoms with van der Waals surface area (Å²) in [6.45, 7) is 10.5. The van der Waals surface area contributed by atoms with Gasteiger partial charge in [0.2, 0.25) is 59.1 Å². The first-order valence-electron chi connectivity index (χ1n) is 23.1. The van der Waals surface area contributed by atoms with Crippen LogP contribution in [0.4, 0.5) is 0 Å². The Balaban J connectivity index is 6.25. The summed E-state index contributed by atoms with van der Waals surface area (Å²) in [4.78, 5) is 134. The van der Waals surface area contributed by atoms with Gasteiger partial charge in [0.15, 0.2) is 5.96 Å². The molecule has 0 spiro atoms. The third kappa shape index (κ3) is 25.7. The third-order valence-corrected chi connectivity index (χ3v) is 10.4. The highest BCUT2D eigenvalue weighted by Gasteiger charge is 2.34. The van der Waals surface area contributed by atoms with Crippen molar-refractivity contribution in [2.45, 2.75) is 167 Å². The number of hydrogen-bond acceptors (Lipinski definition) is 15. The summed E-state index contributed by atoms with van der Waals surface area (Å²) in [5.74, 6) is -8.09. The number of nitrogens with zero attached hydrogens (tertiary/aromatic N) is 1. The summed E-state index contributed by atoms with van der Waals surface area (Å²) >= 11 is 0. The number of guanidine groups is 1. The zero-order valence-electron chi connectivity index (χ0n) is 41.0. The van der Waals surface area contributed by atoms with E-state index >= 15 is 0 Å². The van der Waals surface area contributed by atoms with Gasteiger partial charge in [0.1, 0.15) is 54.4 Å². The van der Waals surface area contributed by atoms with Gasteiger partial charge in [-0.05, 0) is 111 Å². The monoisotopic (exact) mass is 985 g/mol. The number of carbonyl (C=O) groups excluding carboxylic acids is 10. The summed E-state index contributed by atoms with van der Waals surface area (Å²) in [6, 6.07) is -11.3. The molecule has 0 aromatic rings. The van der Waals surface area contributed by atoms with Crippen molar-refractivity contribution < 1.29 is 53.1 Å². The lowest BCUT2D eigenvalue weighted by molar-refractivity contribution is -0.136. The number of nitrogens with one attached hydrogen (secondary N) is 9. The second-order valence-corrected chi connectivity index (χ2v) is 17.2. The summed E-state index contributed by atoms with van der Waals surface area (Å²) in [6.07, 6.45) is 0.592. The lowest BCUT2D eigenvalue weighted by Gasteiger charge is -2.27. The zero-order valence-corrected chi connectivity index (χ0v) is 41.0. The van der Waals surface area contributed by atoms with Gasteiger partial charge in [0.25, 0.3) is 0 Å². The Morgan fingerprint density at radius 1 is 0.449 bits per heavy atom. The fourth-order valence-electron chi connectivity index (χ4n) is 6.35. The van der Waals surface area contributed by atoms with Gasteiger partial charge < -0.3 is 87.4 Å². The maximum atomic E-state index is 13.8. The van der Waals surface area contributed by atoms with Crippen molar-refractivity contribution in [2.75, 3.05) is 26.2 Å². The topological polar surface area (TPSA) is 468 Å². The number of nitrogens with two attached hydrogens (primary N) is 6. The predicted octanol–water partition coefficient (Wildman–Crippen LogP) is -6.39. The SMILES string of the molecule is CC(C)C[C@H](NC(=O)[C@H](C)NC(=O)[C@@H](NC(=O)[C@H](CCCCN)NC(=O)[C@H](C)NC(=O)[C@H](CCCN=C(N)N)NC(=O)[C@H](CCCCN)NC(=O)[C@H](C)NC(=O)[C@H](C)NC(=O)CN)[C@@H](C)O)C(N)=O. The Labute approximate surface area is 403 Å². The minimum atomic E-state index is -1.62. The molecular weight excluding hydrogens is 905 g/mol. The van der Waals surface area contributed by atoms with Crippen LogP contribution in [0.3, 0.4) is 0 Å². The number of hydrogen-bond donors (Lipinski definition) is 16. The average molecular weight is 985 g/mol. The molecule has 0 rings (SSSR count). The van der Waals surface area contributed by atoms with Gasteiger partial charge in [-0.15, -0.1) is 0 Å². The van der Waals surface area contributed by atoms with Crippen LogP contribution < -0.4 is 82.3 Å². The molecule has 27 nitrogen and oxygen atoms in total. The maximum absolute atomic E-state index is 13.8. The van der Waals surface area contributed by atoms with E-state index in [2.05, 4.69) is 52.8 Å². The number of aliphatic imine (C=N–C) groups is 1. The van der Waals surface area contributed by atoms with Gasteiger partial charge in [-0.2, -0.15) is 0 Å². The van der Waals surface area contributed by atoms with E-state index in [1.54, 1.807) is 0 Å². The largest absolute Gasteiger partial charge is 0.391 e. The molecule has 22 N–H and O–H groups in total. The smallest absolute Gasteiger partial charge is 0.245 e. The van der Waals surface area contributed by atoms with E-state index in [-0.39, 0.29) is 70.2 Å². The van der Waals surface area contributed by atoms with E-state index in [1.165, 1.54) is 34.6 Å². The maximum Gasteiger partial charge on any atom is 0.245 e. The molecule has 0 heterocycles. The van der Waals surface area contributed by atoms with Gasteiger partial charge in [0, 0.05) is 6.54 Å². The Kier molecular flexibility index (Phi) is 30.3. The van der Waals surface area contributed by atoms with Crippen LogP contribution in [-0.2, 0) is 47.9 Å². The molecule has 0 aromatic carbocycles. The van der Waals surface area contributed by atoms with Crippen LogP contribution in [0.25, 0.3) is 0 Å². The molecule has 10 atom stereocenters.